The summed E-state index contributed by atoms with van der Waals surface area (Å²) in [5, 5.41) is 9.82. The summed E-state index contributed by atoms with van der Waals surface area (Å²) in [7, 11) is 0. The highest BCUT2D eigenvalue weighted by Gasteiger charge is 2.27. The molecule has 0 aliphatic carbocycles. The molecule has 13 heteroatoms. The highest BCUT2D eigenvalue weighted by Crippen LogP contribution is 2.31. The van der Waals surface area contributed by atoms with Gasteiger partial charge in [-0.1, -0.05) is 0 Å². The second kappa shape index (κ2) is 9.77. The van der Waals surface area contributed by atoms with E-state index in [4.69, 9.17) is 0 Å². The number of carbonyl (C=O) groups excluding carboxylic acids is 3. The van der Waals surface area contributed by atoms with Crippen LogP contribution in [-0.4, -0.2) is 51.0 Å². The standard InChI is InChI=1S/C23H18F2N6O4S/c24-15-7-14(8-16(25)10-15)20(32)27-28-21(33)19-11-36-22(26-19)12-3-5-31(6-4-12)23(34)13-1-2-17-18(9-13)30-35-29-17/h1-2,7-12H,3-6H2,(H,27,32)(H,28,33). The molecule has 0 spiro atoms. The van der Waals surface area contributed by atoms with Crippen LogP contribution in [0.1, 0.15) is 55.0 Å². The molecule has 0 radical (unpaired) electrons. The molecule has 10 nitrogen and oxygen atoms in total. The molecule has 0 atom stereocenters. The molecule has 0 unspecified atom stereocenters. The predicted octanol–water partition coefficient (Wildman–Crippen LogP) is 3.05. The van der Waals surface area contributed by atoms with E-state index >= 15 is 0 Å². The smallest absolute Gasteiger partial charge is 0.289 e. The van der Waals surface area contributed by atoms with Gasteiger partial charge < -0.3 is 4.90 Å². The molecule has 3 amide bonds. The van der Waals surface area contributed by atoms with Gasteiger partial charge >= 0.3 is 0 Å². The van der Waals surface area contributed by atoms with Crippen molar-refractivity contribution in [2.45, 2.75) is 18.8 Å². The van der Waals surface area contributed by atoms with E-state index in [2.05, 4.69) is 30.8 Å². The van der Waals surface area contributed by atoms with Crippen molar-refractivity contribution in [3.8, 4) is 0 Å². The van der Waals surface area contributed by atoms with Crippen molar-refractivity contribution in [3.63, 3.8) is 0 Å². The topological polar surface area (TPSA) is 130 Å². The summed E-state index contributed by atoms with van der Waals surface area (Å²) in [6.07, 6.45) is 1.35. The molecule has 1 fully saturated rings. The lowest BCUT2D eigenvalue weighted by molar-refractivity contribution is 0.0713. The average molecular weight is 512 g/mol. The normalized spacial score (nSPS) is 14.1. The minimum atomic E-state index is -0.906. The van der Waals surface area contributed by atoms with Crippen molar-refractivity contribution in [1.82, 2.24) is 31.0 Å². The molecule has 5 rings (SSSR count). The summed E-state index contributed by atoms with van der Waals surface area (Å²) in [4.78, 5) is 43.4. The number of aromatic nitrogens is 3. The van der Waals surface area contributed by atoms with Crippen molar-refractivity contribution in [1.29, 1.82) is 0 Å². The largest absolute Gasteiger partial charge is 0.339 e. The third-order valence-corrected chi connectivity index (χ3v) is 6.81. The maximum atomic E-state index is 13.3. The number of rotatable bonds is 4. The zero-order valence-electron chi connectivity index (χ0n) is 18.5. The summed E-state index contributed by atoms with van der Waals surface area (Å²) in [6, 6.07) is 7.37. The molecule has 1 saturated heterocycles. The first-order valence-electron chi connectivity index (χ1n) is 10.9. The number of fused-ring (bicyclic) bond motifs is 1. The van der Waals surface area contributed by atoms with Crippen molar-refractivity contribution in [2.75, 3.05) is 13.1 Å². The molecule has 1 aliphatic rings. The van der Waals surface area contributed by atoms with Crippen LogP contribution < -0.4 is 10.9 Å². The number of thiazole rings is 1. The zero-order chi connectivity index (χ0) is 25.2. The number of amides is 3. The molecule has 4 aromatic rings. The van der Waals surface area contributed by atoms with Gasteiger partial charge in [-0.2, -0.15) is 0 Å². The van der Waals surface area contributed by atoms with Gasteiger partial charge in [0.2, 0.25) is 0 Å². The van der Waals surface area contributed by atoms with E-state index in [0.717, 1.165) is 17.1 Å². The van der Waals surface area contributed by atoms with E-state index in [1.165, 1.54) is 11.3 Å². The second-order valence-electron chi connectivity index (χ2n) is 8.17. The minimum absolute atomic E-state index is 0.0766. The summed E-state index contributed by atoms with van der Waals surface area (Å²) in [6.45, 7) is 1.06. The van der Waals surface area contributed by atoms with Crippen LogP contribution in [0.25, 0.3) is 11.0 Å². The van der Waals surface area contributed by atoms with Crippen LogP contribution in [0, 0.1) is 11.6 Å². The SMILES string of the molecule is O=C(NNC(=O)c1csc(C2CCN(C(=O)c3ccc4nonc4c3)CC2)n1)c1cc(F)cc(F)c1. The molecule has 2 aromatic carbocycles. The molecule has 2 N–H and O–H groups in total. The Bertz CT molecular complexity index is 1440. The van der Waals surface area contributed by atoms with Gasteiger partial charge in [0.05, 0.1) is 5.01 Å². The number of carbonyl (C=O) groups is 3. The van der Waals surface area contributed by atoms with Gasteiger partial charge in [0.15, 0.2) is 0 Å². The number of hydrazine groups is 1. The lowest BCUT2D eigenvalue weighted by Gasteiger charge is -2.31. The number of nitrogens with zero attached hydrogens (tertiary/aromatic N) is 4. The number of nitrogens with one attached hydrogen (secondary N) is 2. The van der Waals surface area contributed by atoms with Crippen LogP contribution in [0.4, 0.5) is 8.78 Å². The van der Waals surface area contributed by atoms with Gasteiger partial charge in [-0.05, 0) is 53.5 Å². The summed E-state index contributed by atoms with van der Waals surface area (Å²) in [5.74, 6) is -3.37. The van der Waals surface area contributed by atoms with E-state index in [1.54, 1.807) is 28.5 Å². The monoisotopic (exact) mass is 512 g/mol. The van der Waals surface area contributed by atoms with E-state index in [-0.39, 0.29) is 23.1 Å². The Balaban J connectivity index is 1.15. The number of likely N-dealkylation sites (tertiary alicyclic amines) is 1. The quantitative estimate of drug-likeness (QED) is 0.402. The van der Waals surface area contributed by atoms with E-state index in [0.29, 0.717) is 48.6 Å². The Morgan fingerprint density at radius 1 is 0.917 bits per heavy atom. The van der Waals surface area contributed by atoms with Crippen LogP contribution in [0.5, 0.6) is 0 Å². The Hall–Kier alpha value is -4.26. The second-order valence-corrected chi connectivity index (χ2v) is 9.06. The van der Waals surface area contributed by atoms with Gasteiger partial charge in [0.1, 0.15) is 28.4 Å². The lowest BCUT2D eigenvalue weighted by atomic mass is 9.97. The minimum Gasteiger partial charge on any atom is -0.339 e. The first-order valence-corrected chi connectivity index (χ1v) is 11.8. The Morgan fingerprint density at radius 3 is 2.36 bits per heavy atom. The van der Waals surface area contributed by atoms with Crippen molar-refractivity contribution >= 4 is 40.1 Å². The average Bonchev–Trinajstić information content (AvgIpc) is 3.56. The van der Waals surface area contributed by atoms with Crippen molar-refractivity contribution < 1.29 is 27.8 Å². The van der Waals surface area contributed by atoms with Crippen LogP contribution >= 0.6 is 11.3 Å². The van der Waals surface area contributed by atoms with Gasteiger partial charge in [0, 0.05) is 41.6 Å². The first-order chi connectivity index (χ1) is 17.4. The highest BCUT2D eigenvalue weighted by molar-refractivity contribution is 7.09. The third kappa shape index (κ3) is 4.91. The highest BCUT2D eigenvalue weighted by atomic mass is 32.1. The van der Waals surface area contributed by atoms with Crippen molar-refractivity contribution in [2.24, 2.45) is 0 Å². The van der Waals surface area contributed by atoms with Crippen LogP contribution in [-0.2, 0) is 0 Å². The number of halogens is 2. The fourth-order valence-corrected chi connectivity index (χ4v) is 4.91. The molecular weight excluding hydrogens is 494 g/mol. The molecule has 2 aromatic heterocycles. The molecule has 0 saturated carbocycles. The fourth-order valence-electron chi connectivity index (χ4n) is 3.94. The first kappa shape index (κ1) is 23.5. The predicted molar refractivity (Wildman–Crippen MR) is 123 cm³/mol. The number of benzene rings is 2. The van der Waals surface area contributed by atoms with Gasteiger partial charge in [-0.15, -0.1) is 11.3 Å². The van der Waals surface area contributed by atoms with Crippen LogP contribution in [0.2, 0.25) is 0 Å². The van der Waals surface area contributed by atoms with Gasteiger partial charge in [0.25, 0.3) is 17.7 Å². The van der Waals surface area contributed by atoms with E-state index in [9.17, 15) is 23.2 Å². The number of piperidine rings is 1. The van der Waals surface area contributed by atoms with E-state index in [1.807, 2.05) is 0 Å². The Morgan fingerprint density at radius 2 is 1.61 bits per heavy atom. The lowest BCUT2D eigenvalue weighted by Crippen LogP contribution is -2.41. The molecule has 36 heavy (non-hydrogen) atoms. The van der Waals surface area contributed by atoms with E-state index < -0.39 is 23.4 Å². The van der Waals surface area contributed by atoms with Crippen LogP contribution in [0.3, 0.4) is 0 Å². The molecule has 1 aliphatic heterocycles. The maximum Gasteiger partial charge on any atom is 0.289 e. The third-order valence-electron chi connectivity index (χ3n) is 5.80. The number of hydrogen-bond acceptors (Lipinski definition) is 8. The molecular formula is C23H18F2N6O4S. The van der Waals surface area contributed by atoms with Crippen molar-refractivity contribution in [3.05, 3.63) is 75.2 Å². The molecule has 0 bridgehead atoms. The Labute approximate surface area is 206 Å². The van der Waals surface area contributed by atoms with Gasteiger partial charge in [-0.3, -0.25) is 25.2 Å². The fraction of sp³-hybridized carbons (Fsp3) is 0.217. The maximum absolute atomic E-state index is 13.3. The Kier molecular flexibility index (Phi) is 6.38. The summed E-state index contributed by atoms with van der Waals surface area (Å²) < 4.78 is 31.2. The van der Waals surface area contributed by atoms with Gasteiger partial charge in [-0.25, -0.2) is 18.4 Å². The zero-order valence-corrected chi connectivity index (χ0v) is 19.3. The molecule has 3 heterocycles. The summed E-state index contributed by atoms with van der Waals surface area (Å²) >= 11 is 1.31. The van der Waals surface area contributed by atoms with Crippen LogP contribution in [0.15, 0.2) is 46.4 Å². The summed E-state index contributed by atoms with van der Waals surface area (Å²) in [5.41, 5.74) is 5.75. The number of hydrogen-bond donors (Lipinski definition) is 2. The molecule has 184 valence electrons.